The van der Waals surface area contributed by atoms with Crippen LogP contribution in [0.1, 0.15) is 41.8 Å². The zero-order chi connectivity index (χ0) is 24.2. The van der Waals surface area contributed by atoms with Crippen LogP contribution < -0.4 is 11.0 Å². The first kappa shape index (κ1) is 22.7. The Hall–Kier alpha value is -4.13. The fraction of sp³-hybridized carbons (Fsp3) is 0.250. The largest absolute Gasteiger partial charge is 0.350 e. The number of likely N-dealkylation sites (tertiary alicyclic amines) is 1. The molecular weight excluding hydrogens is 438 g/mol. The molecular formula is C28H29N5O2. The number of piperidine rings is 1. The lowest BCUT2D eigenvalue weighted by Gasteiger charge is -2.33. The topological polar surface area (TPSA) is 72.2 Å². The van der Waals surface area contributed by atoms with Gasteiger partial charge in [0.15, 0.2) is 0 Å². The third-order valence-electron chi connectivity index (χ3n) is 6.57. The Morgan fingerprint density at radius 1 is 0.914 bits per heavy atom. The summed E-state index contributed by atoms with van der Waals surface area (Å²) >= 11 is 0. The summed E-state index contributed by atoms with van der Waals surface area (Å²) in [5.74, 6) is 0.666. The van der Waals surface area contributed by atoms with E-state index in [0.29, 0.717) is 18.9 Å². The first-order valence-electron chi connectivity index (χ1n) is 12.0. The molecule has 0 saturated carbocycles. The number of carbonyl (C=O) groups is 1. The molecule has 1 aromatic heterocycles. The van der Waals surface area contributed by atoms with Gasteiger partial charge < -0.3 is 10.2 Å². The van der Waals surface area contributed by atoms with Crippen LogP contribution in [-0.2, 0) is 7.05 Å². The number of benzene rings is 3. The van der Waals surface area contributed by atoms with Crippen LogP contribution in [0.15, 0.2) is 95.8 Å². The van der Waals surface area contributed by atoms with E-state index in [2.05, 4.69) is 10.4 Å². The highest BCUT2D eigenvalue weighted by molar-refractivity contribution is 5.75. The zero-order valence-electron chi connectivity index (χ0n) is 19.7. The Labute approximate surface area is 204 Å². The van der Waals surface area contributed by atoms with Crippen molar-refractivity contribution in [1.29, 1.82) is 0 Å². The molecule has 5 rings (SSSR count). The highest BCUT2D eigenvalue weighted by atomic mass is 16.2. The van der Waals surface area contributed by atoms with Gasteiger partial charge in [0.1, 0.15) is 5.82 Å². The minimum absolute atomic E-state index is 0.0319. The number of aryl methyl sites for hydroxylation is 1. The molecule has 3 aromatic carbocycles. The van der Waals surface area contributed by atoms with Gasteiger partial charge >= 0.3 is 11.7 Å². The number of nitrogens with zero attached hydrogens (tertiary/aromatic N) is 4. The van der Waals surface area contributed by atoms with E-state index in [1.54, 1.807) is 11.6 Å². The molecule has 1 saturated heterocycles. The summed E-state index contributed by atoms with van der Waals surface area (Å²) in [6, 6.07) is 29.2. The Bertz CT molecular complexity index is 1290. The van der Waals surface area contributed by atoms with Gasteiger partial charge in [-0.1, -0.05) is 78.9 Å². The number of para-hydroxylation sites is 1. The Morgan fingerprint density at radius 2 is 1.49 bits per heavy atom. The van der Waals surface area contributed by atoms with Gasteiger partial charge in [0, 0.05) is 26.1 Å². The van der Waals surface area contributed by atoms with Gasteiger partial charge in [-0.3, -0.25) is 0 Å². The summed E-state index contributed by atoms with van der Waals surface area (Å²) in [6.45, 7) is 1.17. The van der Waals surface area contributed by atoms with Crippen LogP contribution in [0.25, 0.3) is 5.69 Å². The molecule has 1 aliphatic rings. The van der Waals surface area contributed by atoms with E-state index in [1.165, 1.54) is 4.68 Å². The van der Waals surface area contributed by atoms with Crippen molar-refractivity contribution in [2.24, 2.45) is 7.05 Å². The number of nitrogens with one attached hydrogen (secondary N) is 1. The number of amides is 2. The average molecular weight is 468 g/mol. The van der Waals surface area contributed by atoms with Crippen molar-refractivity contribution >= 4 is 6.03 Å². The molecule has 2 amide bonds. The highest BCUT2D eigenvalue weighted by Crippen LogP contribution is 2.28. The second-order valence-electron chi connectivity index (χ2n) is 8.92. The predicted molar refractivity (Wildman–Crippen MR) is 136 cm³/mol. The normalized spacial score (nSPS) is 15.8. The molecule has 0 aliphatic carbocycles. The van der Waals surface area contributed by atoms with Crippen molar-refractivity contribution in [3.05, 3.63) is 118 Å². The van der Waals surface area contributed by atoms with Crippen molar-refractivity contribution in [3.63, 3.8) is 0 Å². The van der Waals surface area contributed by atoms with Gasteiger partial charge in [0.05, 0.1) is 11.7 Å². The molecule has 178 valence electrons. The van der Waals surface area contributed by atoms with E-state index in [1.807, 2.05) is 95.9 Å². The second kappa shape index (κ2) is 10.0. The summed E-state index contributed by atoms with van der Waals surface area (Å²) in [5.41, 5.74) is 2.67. The van der Waals surface area contributed by atoms with Gasteiger partial charge in [0.2, 0.25) is 0 Å². The van der Waals surface area contributed by atoms with Crippen molar-refractivity contribution in [2.45, 2.75) is 24.8 Å². The number of hydrogen-bond donors (Lipinski definition) is 1. The fourth-order valence-corrected chi connectivity index (χ4v) is 4.81. The van der Waals surface area contributed by atoms with Crippen molar-refractivity contribution in [1.82, 2.24) is 24.6 Å². The second-order valence-corrected chi connectivity index (χ2v) is 8.92. The molecule has 0 radical (unpaired) electrons. The molecule has 7 nitrogen and oxygen atoms in total. The lowest BCUT2D eigenvalue weighted by molar-refractivity contribution is 0.175. The summed E-state index contributed by atoms with van der Waals surface area (Å²) < 4.78 is 3.05. The summed E-state index contributed by atoms with van der Waals surface area (Å²) in [4.78, 5) is 28.2. The third kappa shape index (κ3) is 4.75. The molecule has 1 N–H and O–H groups in total. The van der Waals surface area contributed by atoms with Gasteiger partial charge in [0.25, 0.3) is 0 Å². The predicted octanol–water partition coefficient (Wildman–Crippen LogP) is 4.25. The highest BCUT2D eigenvalue weighted by Gasteiger charge is 2.31. The molecule has 1 aliphatic heterocycles. The molecule has 0 bridgehead atoms. The summed E-state index contributed by atoms with van der Waals surface area (Å²) in [7, 11) is 1.67. The van der Waals surface area contributed by atoms with Crippen LogP contribution in [0, 0.1) is 0 Å². The standard InChI is InChI=1S/C28H29N5O2/c1-31-28(35)33(24-17-9-4-10-18-24)26(30-31)23-16-11-19-32(20-23)27(34)29-25(21-12-5-2-6-13-21)22-14-7-3-8-15-22/h2-10,12-15,17-18,23,25H,11,16,19-20H2,1H3,(H,29,34). The summed E-state index contributed by atoms with van der Waals surface area (Å²) in [6.07, 6.45) is 1.72. The van der Waals surface area contributed by atoms with Gasteiger partial charge in [-0.2, -0.15) is 5.10 Å². The molecule has 1 atom stereocenters. The third-order valence-corrected chi connectivity index (χ3v) is 6.57. The first-order chi connectivity index (χ1) is 17.1. The molecule has 35 heavy (non-hydrogen) atoms. The van der Waals surface area contributed by atoms with E-state index < -0.39 is 0 Å². The number of rotatable bonds is 5. The SMILES string of the molecule is Cn1nc(C2CCCN(C(=O)NC(c3ccccc3)c3ccccc3)C2)n(-c2ccccc2)c1=O. The quantitative estimate of drug-likeness (QED) is 0.477. The lowest BCUT2D eigenvalue weighted by Crippen LogP contribution is -2.46. The Balaban J connectivity index is 1.39. The van der Waals surface area contributed by atoms with Gasteiger partial charge in [-0.15, -0.1) is 0 Å². The number of carbonyl (C=O) groups excluding carboxylic acids is 1. The van der Waals surface area contributed by atoms with E-state index >= 15 is 0 Å². The van der Waals surface area contributed by atoms with E-state index in [9.17, 15) is 9.59 Å². The molecule has 2 heterocycles. The maximum Gasteiger partial charge on any atom is 0.350 e. The van der Waals surface area contributed by atoms with E-state index in [0.717, 1.165) is 29.7 Å². The van der Waals surface area contributed by atoms with Crippen LogP contribution in [0.3, 0.4) is 0 Å². The smallest absolute Gasteiger partial charge is 0.327 e. The number of urea groups is 1. The lowest BCUT2D eigenvalue weighted by atomic mass is 9.96. The Kier molecular flexibility index (Phi) is 6.48. The van der Waals surface area contributed by atoms with Crippen LogP contribution in [0.4, 0.5) is 4.79 Å². The van der Waals surface area contributed by atoms with Crippen molar-refractivity contribution < 1.29 is 4.79 Å². The molecule has 1 unspecified atom stereocenters. The average Bonchev–Trinajstić information content (AvgIpc) is 3.22. The minimum Gasteiger partial charge on any atom is -0.327 e. The van der Waals surface area contributed by atoms with Crippen molar-refractivity contribution in [2.75, 3.05) is 13.1 Å². The Morgan fingerprint density at radius 3 is 2.09 bits per heavy atom. The van der Waals surface area contributed by atoms with Crippen LogP contribution >= 0.6 is 0 Å². The van der Waals surface area contributed by atoms with Crippen molar-refractivity contribution in [3.8, 4) is 5.69 Å². The molecule has 0 spiro atoms. The van der Waals surface area contributed by atoms with E-state index in [-0.39, 0.29) is 23.7 Å². The zero-order valence-corrected chi connectivity index (χ0v) is 19.7. The fourth-order valence-electron chi connectivity index (χ4n) is 4.81. The van der Waals surface area contributed by atoms with E-state index in [4.69, 9.17) is 0 Å². The van der Waals surface area contributed by atoms with Gasteiger partial charge in [-0.05, 0) is 36.1 Å². The monoisotopic (exact) mass is 467 g/mol. The van der Waals surface area contributed by atoms with Crippen LogP contribution in [0.5, 0.6) is 0 Å². The maximum atomic E-state index is 13.5. The number of hydrogen-bond acceptors (Lipinski definition) is 3. The maximum absolute atomic E-state index is 13.5. The molecule has 1 fully saturated rings. The molecule has 7 heteroatoms. The molecule has 4 aromatic rings. The first-order valence-corrected chi connectivity index (χ1v) is 12.0. The summed E-state index contributed by atoms with van der Waals surface area (Å²) in [5, 5.41) is 7.82. The number of aromatic nitrogens is 3. The van der Waals surface area contributed by atoms with Gasteiger partial charge in [-0.25, -0.2) is 18.8 Å². The van der Waals surface area contributed by atoms with Crippen LogP contribution in [-0.4, -0.2) is 38.4 Å². The minimum atomic E-state index is -0.248. The van der Waals surface area contributed by atoms with Crippen LogP contribution in [0.2, 0.25) is 0 Å².